The van der Waals surface area contributed by atoms with E-state index in [1.807, 2.05) is 0 Å². The summed E-state index contributed by atoms with van der Waals surface area (Å²) in [5, 5.41) is 0.290. The molecule has 0 aliphatic rings. The molecular weight excluding hydrogens is 293 g/mol. The summed E-state index contributed by atoms with van der Waals surface area (Å²) in [7, 11) is 0. The van der Waals surface area contributed by atoms with Gasteiger partial charge in [-0.2, -0.15) is 0 Å². The molecule has 0 radical (unpaired) electrons. The van der Waals surface area contributed by atoms with Crippen LogP contribution in [-0.4, -0.2) is 9.97 Å². The van der Waals surface area contributed by atoms with E-state index in [1.165, 1.54) is 0 Å². The Hall–Kier alpha value is -1.33. The highest BCUT2D eigenvalue weighted by Crippen LogP contribution is 2.24. The maximum atomic E-state index is 5.75. The van der Waals surface area contributed by atoms with E-state index in [9.17, 15) is 0 Å². The summed E-state index contributed by atoms with van der Waals surface area (Å²) in [6, 6.07) is 4.91. The van der Waals surface area contributed by atoms with Crippen molar-refractivity contribution in [2.75, 3.05) is 5.73 Å². The number of rotatable bonds is 2. The van der Waals surface area contributed by atoms with Crippen molar-refractivity contribution in [1.29, 1.82) is 0 Å². The van der Waals surface area contributed by atoms with Crippen LogP contribution in [0.5, 0.6) is 11.6 Å². The van der Waals surface area contributed by atoms with Gasteiger partial charge in [0.2, 0.25) is 5.88 Å². The van der Waals surface area contributed by atoms with Crippen LogP contribution in [0.1, 0.15) is 0 Å². The second kappa shape index (κ2) is 4.67. The van der Waals surface area contributed by atoms with Crippen LogP contribution in [0.3, 0.4) is 0 Å². The molecule has 2 heterocycles. The SMILES string of the molecule is Nc1cc(Cl)nc(Oc2cncc(Br)c2)c1. The minimum atomic E-state index is 0.290. The molecule has 6 heteroatoms. The predicted octanol–water partition coefficient (Wildman–Crippen LogP) is 3.27. The van der Waals surface area contributed by atoms with Gasteiger partial charge in [0, 0.05) is 22.4 Å². The summed E-state index contributed by atoms with van der Waals surface area (Å²) in [6.45, 7) is 0. The summed E-state index contributed by atoms with van der Waals surface area (Å²) in [5.41, 5.74) is 6.11. The Morgan fingerprint density at radius 1 is 1.25 bits per heavy atom. The lowest BCUT2D eigenvalue weighted by Crippen LogP contribution is -1.92. The zero-order chi connectivity index (χ0) is 11.5. The molecule has 0 unspecified atom stereocenters. The van der Waals surface area contributed by atoms with E-state index in [2.05, 4.69) is 25.9 Å². The van der Waals surface area contributed by atoms with Gasteiger partial charge in [-0.05, 0) is 28.1 Å². The van der Waals surface area contributed by atoms with Gasteiger partial charge >= 0.3 is 0 Å². The average molecular weight is 301 g/mol. The normalized spacial score (nSPS) is 10.1. The van der Waals surface area contributed by atoms with Crippen molar-refractivity contribution >= 4 is 33.2 Å². The van der Waals surface area contributed by atoms with E-state index in [0.717, 1.165) is 4.47 Å². The molecule has 2 aromatic heterocycles. The van der Waals surface area contributed by atoms with E-state index in [-0.39, 0.29) is 5.15 Å². The van der Waals surface area contributed by atoms with Crippen LogP contribution >= 0.6 is 27.5 Å². The molecule has 0 atom stereocenters. The number of aromatic nitrogens is 2. The first-order valence-electron chi connectivity index (χ1n) is 4.35. The first-order chi connectivity index (χ1) is 7.63. The summed E-state index contributed by atoms with van der Waals surface area (Å²) in [6.07, 6.45) is 3.23. The third-order valence-electron chi connectivity index (χ3n) is 1.70. The number of nitrogen functional groups attached to an aromatic ring is 1. The van der Waals surface area contributed by atoms with E-state index >= 15 is 0 Å². The first kappa shape index (κ1) is 11.2. The maximum absolute atomic E-state index is 5.75. The molecule has 16 heavy (non-hydrogen) atoms. The van der Waals surface area contributed by atoms with Crippen LogP contribution in [0.25, 0.3) is 0 Å². The topological polar surface area (TPSA) is 61.0 Å². The monoisotopic (exact) mass is 299 g/mol. The lowest BCUT2D eigenvalue weighted by molar-refractivity contribution is 0.461. The number of halogens is 2. The number of pyridine rings is 2. The van der Waals surface area contributed by atoms with Crippen molar-refractivity contribution in [3.63, 3.8) is 0 Å². The Balaban J connectivity index is 2.27. The van der Waals surface area contributed by atoms with Crippen molar-refractivity contribution < 1.29 is 4.74 Å². The van der Waals surface area contributed by atoms with Gasteiger partial charge < -0.3 is 10.5 Å². The summed E-state index contributed by atoms with van der Waals surface area (Å²) in [5.74, 6) is 0.897. The highest BCUT2D eigenvalue weighted by atomic mass is 79.9. The minimum Gasteiger partial charge on any atom is -0.437 e. The van der Waals surface area contributed by atoms with Gasteiger partial charge in [-0.15, -0.1) is 0 Å². The van der Waals surface area contributed by atoms with Gasteiger partial charge in [-0.1, -0.05) is 11.6 Å². The van der Waals surface area contributed by atoms with Gasteiger partial charge in [0.15, 0.2) is 0 Å². The van der Waals surface area contributed by atoms with Gasteiger partial charge in [-0.3, -0.25) is 4.98 Å². The lowest BCUT2D eigenvalue weighted by Gasteiger charge is -2.05. The van der Waals surface area contributed by atoms with Gasteiger partial charge in [0.25, 0.3) is 0 Å². The molecule has 2 rings (SSSR count). The molecule has 4 nitrogen and oxygen atoms in total. The molecule has 0 fully saturated rings. The van der Waals surface area contributed by atoms with Crippen LogP contribution in [-0.2, 0) is 0 Å². The van der Waals surface area contributed by atoms with Gasteiger partial charge in [0.1, 0.15) is 10.9 Å². The van der Waals surface area contributed by atoms with Gasteiger partial charge in [0.05, 0.1) is 6.20 Å². The quantitative estimate of drug-likeness (QED) is 0.865. The van der Waals surface area contributed by atoms with Crippen molar-refractivity contribution in [2.45, 2.75) is 0 Å². The third kappa shape index (κ3) is 2.84. The third-order valence-corrected chi connectivity index (χ3v) is 2.32. The second-order valence-electron chi connectivity index (χ2n) is 3.00. The van der Waals surface area contributed by atoms with E-state index in [0.29, 0.717) is 17.3 Å². The zero-order valence-corrected chi connectivity index (χ0v) is 10.4. The number of anilines is 1. The van der Waals surface area contributed by atoms with Crippen molar-refractivity contribution in [1.82, 2.24) is 9.97 Å². The standard InChI is InChI=1S/C10H7BrClN3O/c11-6-1-8(5-14-4-6)16-10-3-7(13)2-9(12)15-10/h1-5H,(H2,13,15). The van der Waals surface area contributed by atoms with Crippen LogP contribution in [0.2, 0.25) is 5.15 Å². The second-order valence-corrected chi connectivity index (χ2v) is 4.31. The molecule has 0 aliphatic carbocycles. The number of nitrogens with zero attached hydrogens (tertiary/aromatic N) is 2. The number of nitrogens with two attached hydrogens (primary N) is 1. The molecule has 0 aliphatic heterocycles. The van der Waals surface area contributed by atoms with E-state index in [4.69, 9.17) is 22.1 Å². The minimum absolute atomic E-state index is 0.290. The van der Waals surface area contributed by atoms with E-state index in [1.54, 1.807) is 30.6 Å². The number of hydrogen-bond donors (Lipinski definition) is 1. The lowest BCUT2D eigenvalue weighted by atomic mass is 10.4. The predicted molar refractivity (Wildman–Crippen MR) is 65.7 cm³/mol. The van der Waals surface area contributed by atoms with Crippen LogP contribution in [0.15, 0.2) is 35.1 Å². The van der Waals surface area contributed by atoms with Crippen molar-refractivity contribution in [3.05, 3.63) is 40.2 Å². The van der Waals surface area contributed by atoms with Crippen LogP contribution in [0.4, 0.5) is 5.69 Å². The molecule has 0 saturated heterocycles. The smallest absolute Gasteiger partial charge is 0.222 e. The molecule has 2 N–H and O–H groups in total. The fraction of sp³-hybridized carbons (Fsp3) is 0. The summed E-state index contributed by atoms with van der Waals surface area (Å²) < 4.78 is 6.27. The number of ether oxygens (including phenoxy) is 1. The summed E-state index contributed by atoms with van der Waals surface area (Å²) in [4.78, 5) is 7.94. The average Bonchev–Trinajstić information content (AvgIpc) is 2.15. The fourth-order valence-electron chi connectivity index (χ4n) is 1.11. The highest BCUT2D eigenvalue weighted by Gasteiger charge is 2.02. The Morgan fingerprint density at radius 3 is 2.75 bits per heavy atom. The fourth-order valence-corrected chi connectivity index (χ4v) is 1.67. The van der Waals surface area contributed by atoms with E-state index < -0.39 is 0 Å². The van der Waals surface area contributed by atoms with Gasteiger partial charge in [-0.25, -0.2) is 4.98 Å². The maximum Gasteiger partial charge on any atom is 0.222 e. The Labute approximate surface area is 106 Å². The molecule has 0 saturated carbocycles. The van der Waals surface area contributed by atoms with Crippen LogP contribution < -0.4 is 10.5 Å². The Kier molecular flexibility index (Phi) is 3.26. The molecule has 0 aromatic carbocycles. The molecule has 0 spiro atoms. The zero-order valence-electron chi connectivity index (χ0n) is 8.02. The first-order valence-corrected chi connectivity index (χ1v) is 5.52. The summed E-state index contributed by atoms with van der Waals surface area (Å²) >= 11 is 9.04. The van der Waals surface area contributed by atoms with Crippen molar-refractivity contribution in [2.24, 2.45) is 0 Å². The van der Waals surface area contributed by atoms with Crippen LogP contribution in [0, 0.1) is 0 Å². The highest BCUT2D eigenvalue weighted by molar-refractivity contribution is 9.10. The number of hydrogen-bond acceptors (Lipinski definition) is 4. The molecule has 2 aromatic rings. The largest absolute Gasteiger partial charge is 0.437 e. The molecule has 0 bridgehead atoms. The molecule has 82 valence electrons. The van der Waals surface area contributed by atoms with Crippen molar-refractivity contribution in [3.8, 4) is 11.6 Å². The Bertz CT molecular complexity index is 501. The molecule has 0 amide bonds. The Morgan fingerprint density at radius 2 is 2.06 bits per heavy atom. The molecular formula is C10H7BrClN3O.